The van der Waals surface area contributed by atoms with E-state index in [-0.39, 0.29) is 0 Å². The van der Waals surface area contributed by atoms with Gasteiger partial charge in [0.25, 0.3) is 0 Å². The second kappa shape index (κ2) is 12.2. The van der Waals surface area contributed by atoms with Gasteiger partial charge < -0.3 is 0 Å². The molecule has 0 saturated heterocycles. The first-order valence-electron chi connectivity index (χ1n) is 12.0. The van der Waals surface area contributed by atoms with Crippen molar-refractivity contribution in [2.45, 2.75) is 123 Å². The molecule has 158 valence electrons. The summed E-state index contributed by atoms with van der Waals surface area (Å²) in [6.07, 6.45) is 12.4. The summed E-state index contributed by atoms with van der Waals surface area (Å²) in [5.74, 6) is 0.898. The Hall–Kier alpha value is 0.426. The molecule has 0 aromatic heterocycles. The van der Waals surface area contributed by atoms with Crippen LogP contribution < -0.4 is 0 Å². The number of carbonyl (C=O) groups is 1. The van der Waals surface area contributed by atoms with Crippen LogP contribution in [-0.4, -0.2) is 32.2 Å². The fourth-order valence-electron chi connectivity index (χ4n) is 5.46. The molecule has 2 unspecified atom stereocenters. The van der Waals surface area contributed by atoms with Crippen LogP contribution in [0.5, 0.6) is 0 Å². The van der Waals surface area contributed by atoms with Gasteiger partial charge in [0.2, 0.25) is 0 Å². The van der Waals surface area contributed by atoms with Gasteiger partial charge in [0, 0.05) is 0 Å². The zero-order valence-corrected chi connectivity index (χ0v) is 23.3. The molecule has 0 radical (unpaired) electrons. The normalized spacial score (nSPS) is 19.9. The van der Waals surface area contributed by atoms with E-state index in [1.807, 2.05) is 0 Å². The topological polar surface area (TPSA) is 17.1 Å². The van der Waals surface area contributed by atoms with Crippen LogP contribution >= 0.6 is 0 Å². The summed E-state index contributed by atoms with van der Waals surface area (Å²) in [6, 6.07) is 0. The van der Waals surface area contributed by atoms with Gasteiger partial charge in [-0.15, -0.1) is 0 Å². The van der Waals surface area contributed by atoms with Crippen LogP contribution in [0.25, 0.3) is 0 Å². The molecule has 0 aliphatic heterocycles. The molecule has 1 nitrogen and oxygen atoms in total. The first-order chi connectivity index (χ1) is 12.7. The Morgan fingerprint density at radius 1 is 1.00 bits per heavy atom. The number of allylic oxidation sites excluding steroid dienone is 1. The predicted molar refractivity (Wildman–Crippen MR) is 128 cm³/mol. The van der Waals surface area contributed by atoms with E-state index in [9.17, 15) is 4.79 Å². The summed E-state index contributed by atoms with van der Waals surface area (Å²) in [6.45, 7) is 19.5. The molecule has 2 atom stereocenters. The van der Waals surface area contributed by atoms with Crippen LogP contribution in [0, 0.1) is 5.92 Å². The van der Waals surface area contributed by atoms with Crippen molar-refractivity contribution in [3.63, 3.8) is 0 Å². The fourth-order valence-corrected chi connectivity index (χ4v) is 30.0. The molecule has 3 heteroatoms. The van der Waals surface area contributed by atoms with Gasteiger partial charge in [-0.1, -0.05) is 0 Å². The quantitative estimate of drug-likeness (QED) is 0.233. The molecule has 0 aromatic carbocycles. The van der Waals surface area contributed by atoms with E-state index in [1.165, 1.54) is 58.3 Å². The summed E-state index contributed by atoms with van der Waals surface area (Å²) in [5, 5.41) is 0. The van der Waals surface area contributed by atoms with Gasteiger partial charge in [-0.3, -0.25) is 0 Å². The fraction of sp³-hybridized carbons (Fsp3) is 0.875. The second-order valence-electron chi connectivity index (χ2n) is 10.3. The number of carbonyl (C=O) groups excluding carboxylic acids is 1. The zero-order chi connectivity index (χ0) is 20.5. The van der Waals surface area contributed by atoms with Crippen molar-refractivity contribution in [3.05, 3.63) is 10.2 Å². The number of hydrogen-bond acceptors (Lipinski definition) is 1. The van der Waals surface area contributed by atoms with Gasteiger partial charge in [-0.2, -0.15) is 0 Å². The summed E-state index contributed by atoms with van der Waals surface area (Å²) in [5.41, 5.74) is 0.562. The van der Waals surface area contributed by atoms with Crippen molar-refractivity contribution in [2.24, 2.45) is 5.92 Å². The Balaban J connectivity index is 3.29. The number of unbranched alkanes of at least 4 members (excludes halogenated alkanes) is 3. The molecular formula is C24H48OSiSn. The molecule has 1 aliphatic carbocycles. The van der Waals surface area contributed by atoms with Gasteiger partial charge in [0.1, 0.15) is 0 Å². The third-order valence-electron chi connectivity index (χ3n) is 7.02. The summed E-state index contributed by atoms with van der Waals surface area (Å²) >= 11 is -2.50. The minimum atomic E-state index is -2.50. The summed E-state index contributed by atoms with van der Waals surface area (Å²) in [4.78, 5) is 13.0. The average molecular weight is 499 g/mol. The Morgan fingerprint density at radius 3 is 1.85 bits per heavy atom. The van der Waals surface area contributed by atoms with Crippen molar-refractivity contribution in [1.29, 1.82) is 0 Å². The van der Waals surface area contributed by atoms with E-state index in [4.69, 9.17) is 6.58 Å². The Kier molecular flexibility index (Phi) is 11.5. The molecule has 1 saturated carbocycles. The molecule has 1 aliphatic rings. The maximum atomic E-state index is 13.0. The molecule has 0 aromatic rings. The van der Waals surface area contributed by atoms with Crippen LogP contribution in [0.2, 0.25) is 38.5 Å². The molecule has 0 amide bonds. The molecule has 1 rings (SSSR count). The first kappa shape index (κ1) is 25.5. The van der Waals surface area contributed by atoms with Crippen molar-refractivity contribution in [2.75, 3.05) is 0 Å². The van der Waals surface area contributed by atoms with E-state index in [0.29, 0.717) is 17.2 Å². The Bertz CT molecular complexity index is 444. The zero-order valence-electron chi connectivity index (χ0n) is 19.5. The third kappa shape index (κ3) is 7.31. The molecule has 27 heavy (non-hydrogen) atoms. The maximum absolute atomic E-state index is 13.0. The van der Waals surface area contributed by atoms with Crippen molar-refractivity contribution in [1.82, 2.24) is 0 Å². The monoisotopic (exact) mass is 500 g/mol. The molecule has 0 N–H and O–H groups in total. The summed E-state index contributed by atoms with van der Waals surface area (Å²) < 4.78 is 6.18. The van der Waals surface area contributed by atoms with Gasteiger partial charge >= 0.3 is 177 Å². The van der Waals surface area contributed by atoms with Gasteiger partial charge in [0.15, 0.2) is 0 Å². The SMILES string of the molecule is C=[C](C(C1CCCCC1=O)[Si](C)(C)C)[Sn]([CH2]CCC)([CH2]CCC)[CH2]CCC. The van der Waals surface area contributed by atoms with Crippen LogP contribution in [0.15, 0.2) is 10.2 Å². The number of rotatable bonds is 13. The van der Waals surface area contributed by atoms with Crippen LogP contribution in [0.1, 0.15) is 85.0 Å². The van der Waals surface area contributed by atoms with Gasteiger partial charge in [-0.05, 0) is 0 Å². The minimum absolute atomic E-state index is 0.318. The molecule has 0 bridgehead atoms. The first-order valence-corrected chi connectivity index (χ1v) is 23.0. The van der Waals surface area contributed by atoms with E-state index in [0.717, 1.165) is 19.3 Å². The average Bonchev–Trinajstić information content (AvgIpc) is 2.62. The van der Waals surface area contributed by atoms with Gasteiger partial charge in [0.05, 0.1) is 0 Å². The number of hydrogen-bond donors (Lipinski definition) is 0. The molecule has 0 spiro atoms. The van der Waals surface area contributed by atoms with E-state index in [2.05, 4.69) is 40.4 Å². The van der Waals surface area contributed by atoms with Crippen LogP contribution in [0.4, 0.5) is 0 Å². The standard InChI is InChI=1S/C12H21OSi.3C4H9.Sn/c1-5-12(14(2,3)4)10-8-6-7-9-11(10)13;3*1-3-4-2;/h10,12H,1,6-9H2,2-4H3;3*1,3-4H2,2H3;. The van der Waals surface area contributed by atoms with Crippen molar-refractivity contribution < 1.29 is 4.79 Å². The molecular weight excluding hydrogens is 451 g/mol. The third-order valence-corrected chi connectivity index (χ3v) is 26.5. The summed E-state index contributed by atoms with van der Waals surface area (Å²) in [7, 11) is -1.47. The second-order valence-corrected chi connectivity index (χ2v) is 29.1. The van der Waals surface area contributed by atoms with Gasteiger partial charge in [-0.25, -0.2) is 0 Å². The number of ketones is 1. The predicted octanol–water partition coefficient (Wildman–Crippen LogP) is 8.40. The molecule has 1 fully saturated rings. The Labute approximate surface area is 176 Å². The molecule has 0 heterocycles. The van der Waals surface area contributed by atoms with Crippen molar-refractivity contribution in [3.8, 4) is 0 Å². The van der Waals surface area contributed by atoms with E-state index < -0.39 is 26.5 Å². The van der Waals surface area contributed by atoms with Crippen LogP contribution in [0.3, 0.4) is 0 Å². The number of Topliss-reactive ketones (excluding diaryl/α,β-unsaturated/α-hetero) is 1. The van der Waals surface area contributed by atoms with Crippen molar-refractivity contribution >= 4 is 32.2 Å². The van der Waals surface area contributed by atoms with Crippen LogP contribution in [-0.2, 0) is 4.79 Å². The Morgan fingerprint density at radius 2 is 1.48 bits per heavy atom. The van der Waals surface area contributed by atoms with E-state index >= 15 is 0 Å². The van der Waals surface area contributed by atoms with E-state index in [1.54, 1.807) is 3.59 Å².